The van der Waals surface area contributed by atoms with E-state index in [1.54, 1.807) is 22.2 Å². The zero-order chi connectivity index (χ0) is 50.3. The van der Waals surface area contributed by atoms with Crippen LogP contribution in [0.15, 0.2) is 12.4 Å². The number of carbonyl (C=O) groups excluding carboxylic acids is 3. The van der Waals surface area contributed by atoms with E-state index >= 15 is 0 Å². The Hall–Kier alpha value is -6.15. The number of carboxylic acids is 1. The Balaban J connectivity index is 1.26. The van der Waals surface area contributed by atoms with Gasteiger partial charge in [-0.25, -0.2) is 9.36 Å². The molecule has 3 aromatic heterocycles. The van der Waals surface area contributed by atoms with Gasteiger partial charge in [-0.2, -0.15) is 15.0 Å². The van der Waals surface area contributed by atoms with Crippen molar-refractivity contribution in [3.63, 3.8) is 0 Å². The predicted molar refractivity (Wildman–Crippen MR) is 256 cm³/mol. The Bertz CT molecular complexity index is 2120. The van der Waals surface area contributed by atoms with E-state index in [-0.39, 0.29) is 37.7 Å². The van der Waals surface area contributed by atoms with Crippen molar-refractivity contribution in [2.24, 2.45) is 28.7 Å². The molecule has 3 aromatic rings. The van der Waals surface area contributed by atoms with Crippen LogP contribution in [0.3, 0.4) is 0 Å². The quantitative estimate of drug-likeness (QED) is 0.0261. The lowest BCUT2D eigenvalue weighted by atomic mass is 10.1. The third kappa shape index (κ3) is 17.1. The maximum atomic E-state index is 14.1. The number of anilines is 3. The summed E-state index contributed by atoms with van der Waals surface area (Å²) in [6.45, 7) is 6.41. The average molecular weight is 982 g/mol. The van der Waals surface area contributed by atoms with E-state index in [0.717, 1.165) is 19.3 Å². The first-order valence-electron chi connectivity index (χ1n) is 23.9. The first kappa shape index (κ1) is 54.8. The van der Waals surface area contributed by atoms with Crippen LogP contribution in [-0.2, 0) is 33.4 Å². The highest BCUT2D eigenvalue weighted by atomic mass is 16.5. The third-order valence-corrected chi connectivity index (χ3v) is 11.8. The Labute approximate surface area is 407 Å². The van der Waals surface area contributed by atoms with Gasteiger partial charge in [0.25, 0.3) is 0 Å². The number of carboxylic acid groups (broad SMARTS) is 1. The highest BCUT2D eigenvalue weighted by Crippen LogP contribution is 2.25. The Morgan fingerprint density at radius 3 is 1.70 bits per heavy atom. The molecule has 27 heteroatoms. The van der Waals surface area contributed by atoms with Gasteiger partial charge in [-0.15, -0.1) is 16.6 Å². The minimum atomic E-state index is -1.03. The molecule has 2 aliphatic rings. The van der Waals surface area contributed by atoms with Crippen LogP contribution in [0.5, 0.6) is 0 Å². The van der Waals surface area contributed by atoms with Crippen molar-refractivity contribution < 1.29 is 38.5 Å². The van der Waals surface area contributed by atoms with Gasteiger partial charge in [0.05, 0.1) is 68.9 Å². The van der Waals surface area contributed by atoms with E-state index in [1.165, 1.54) is 9.36 Å². The zero-order valence-electron chi connectivity index (χ0n) is 39.9. The molecule has 2 fully saturated rings. The summed E-state index contributed by atoms with van der Waals surface area (Å²) < 4.78 is 19.4. The van der Waals surface area contributed by atoms with Crippen LogP contribution in [0.4, 0.5) is 17.8 Å². The Kier molecular flexibility index (Phi) is 22.8. The van der Waals surface area contributed by atoms with Crippen molar-refractivity contribution in [2.45, 2.75) is 82.0 Å². The molecule has 386 valence electrons. The van der Waals surface area contributed by atoms with Gasteiger partial charge >= 0.3 is 5.97 Å². The lowest BCUT2D eigenvalue weighted by Crippen LogP contribution is -2.52. The monoisotopic (exact) mass is 982 g/mol. The number of amides is 3. The number of primary amides is 1. The number of ether oxygens (including phenoxy) is 3. The molecule has 4 atom stereocenters. The number of nitrogens with zero attached hydrogens (tertiary/aromatic N) is 13. The molecule has 2 aliphatic heterocycles. The molecule has 5 heterocycles. The second kappa shape index (κ2) is 29.1. The number of hydrogen-bond acceptors (Lipinski definition) is 21. The molecular weight excluding hydrogens is 911 g/mol. The lowest BCUT2D eigenvalue weighted by Gasteiger charge is -2.38. The second-order valence-electron chi connectivity index (χ2n) is 17.0. The van der Waals surface area contributed by atoms with Gasteiger partial charge in [-0.05, 0) is 51.6 Å². The number of aliphatic carboxylic acids is 1. The number of nitrogens with one attached hydrogen (secondary N) is 1. The summed E-state index contributed by atoms with van der Waals surface area (Å²) in [6, 6.07) is -2.71. The topological polar surface area (TPSA) is 371 Å². The van der Waals surface area contributed by atoms with Gasteiger partial charge in [0, 0.05) is 71.7 Å². The molecule has 2 saturated heterocycles. The molecule has 0 unspecified atom stereocenters. The Morgan fingerprint density at radius 1 is 0.686 bits per heavy atom. The summed E-state index contributed by atoms with van der Waals surface area (Å²) in [5, 5.41) is 29.6. The molecule has 0 aliphatic carbocycles. The molecule has 12 N–H and O–H groups in total. The zero-order valence-corrected chi connectivity index (χ0v) is 39.9. The van der Waals surface area contributed by atoms with Crippen LogP contribution in [0, 0.1) is 12.3 Å². The van der Waals surface area contributed by atoms with Gasteiger partial charge < -0.3 is 72.9 Å². The smallest absolute Gasteiger partial charge is 0.303 e. The number of unbranched alkanes of at least 4 members (excludes halogenated alkanes) is 2. The maximum Gasteiger partial charge on any atom is 0.303 e. The normalized spacial score (nSPS) is 15.9. The van der Waals surface area contributed by atoms with Crippen molar-refractivity contribution in [3.8, 4) is 12.3 Å². The fraction of sp³-hybridized carbons (Fsp3) is 0.698. The number of piperazine rings is 2. The molecular formula is C43H71N19O8. The lowest BCUT2D eigenvalue weighted by molar-refractivity contribution is -0.139. The fourth-order valence-corrected chi connectivity index (χ4v) is 7.88. The molecule has 0 aromatic carbocycles. The second-order valence-corrected chi connectivity index (χ2v) is 17.0. The van der Waals surface area contributed by atoms with Gasteiger partial charge in [-0.1, -0.05) is 22.8 Å². The third-order valence-electron chi connectivity index (χ3n) is 11.8. The molecule has 5 rings (SSSR count). The fourth-order valence-electron chi connectivity index (χ4n) is 7.88. The summed E-state index contributed by atoms with van der Waals surface area (Å²) in [5.74, 6) is 1.50. The van der Waals surface area contributed by atoms with Crippen molar-refractivity contribution in [2.75, 3.05) is 127 Å². The minimum absolute atomic E-state index is 0.0204. The molecule has 3 amide bonds. The van der Waals surface area contributed by atoms with Gasteiger partial charge in [0.15, 0.2) is 0 Å². The van der Waals surface area contributed by atoms with E-state index in [2.05, 4.69) is 31.9 Å². The molecule has 0 saturated carbocycles. The van der Waals surface area contributed by atoms with Crippen LogP contribution < -0.4 is 43.8 Å². The van der Waals surface area contributed by atoms with Crippen molar-refractivity contribution >= 4 is 41.5 Å². The molecule has 0 spiro atoms. The SMILES string of the molecule is C#CCOCCOCCOCCNc1nc(N2CCN(C(=O)[C@H](CCC(=O)O)n3cc([C@@H](N)CCCCN)nn3)CC2)nc(N2CCN(C(=O)[C@H](CCCCN)n3cc([C@@H](N)CC(N)=O)nn3)CC2)n1. The molecule has 70 heavy (non-hydrogen) atoms. The summed E-state index contributed by atoms with van der Waals surface area (Å²) in [4.78, 5) is 73.3. The largest absolute Gasteiger partial charge is 0.481 e. The molecule has 0 bridgehead atoms. The first-order chi connectivity index (χ1) is 33.9. The van der Waals surface area contributed by atoms with Crippen molar-refractivity contribution in [1.29, 1.82) is 0 Å². The van der Waals surface area contributed by atoms with E-state index in [0.29, 0.717) is 154 Å². The van der Waals surface area contributed by atoms with Crippen LogP contribution in [0.1, 0.15) is 93.3 Å². The minimum Gasteiger partial charge on any atom is -0.481 e. The number of terminal acetylenes is 1. The number of rotatable bonds is 32. The van der Waals surface area contributed by atoms with E-state index in [9.17, 15) is 24.3 Å². The highest BCUT2D eigenvalue weighted by Gasteiger charge is 2.34. The summed E-state index contributed by atoms with van der Waals surface area (Å²) in [5.41, 5.74) is 30.1. The number of hydrogen-bond donors (Lipinski definition) is 7. The first-order valence-corrected chi connectivity index (χ1v) is 23.9. The van der Waals surface area contributed by atoms with Gasteiger partial charge in [-0.3, -0.25) is 19.2 Å². The summed E-state index contributed by atoms with van der Waals surface area (Å²) in [6.07, 6.45) is 12.2. The number of aromatic nitrogens is 9. The highest BCUT2D eigenvalue weighted by molar-refractivity contribution is 5.82. The van der Waals surface area contributed by atoms with Crippen LogP contribution in [0.25, 0.3) is 0 Å². The number of nitrogens with two attached hydrogens (primary N) is 5. The van der Waals surface area contributed by atoms with Crippen LogP contribution in [-0.4, -0.2) is 195 Å². The van der Waals surface area contributed by atoms with E-state index in [1.807, 2.05) is 9.80 Å². The standard InChI is InChI=1S/C43H71N19O8/c1-2-22-68-24-26-70-27-25-69-23-13-49-41-50-42(59-18-14-57(15-19-59)39(66)35(8-4-6-12-45)61-30-34(54-56-61)32(47)28-37(48)63)52-43(51-41)60-20-16-58(17-21-60)40(67)36(9-10-38(64)65)62-29-33(53-55-62)31(46)7-3-5-11-44/h1,29-32,35-36H,3-28,44-47H2,(H2,48,63)(H,64,65)(H,49,50,51,52)/t31-,32-,35-,36-/m0/s1. The van der Waals surface area contributed by atoms with Crippen molar-refractivity contribution in [3.05, 3.63) is 23.8 Å². The van der Waals surface area contributed by atoms with Crippen LogP contribution in [0.2, 0.25) is 0 Å². The van der Waals surface area contributed by atoms with Gasteiger partial charge in [0.1, 0.15) is 18.7 Å². The molecule has 27 nitrogen and oxygen atoms in total. The maximum absolute atomic E-state index is 14.1. The van der Waals surface area contributed by atoms with Crippen LogP contribution >= 0.6 is 0 Å². The predicted octanol–water partition coefficient (Wildman–Crippen LogP) is -2.07. The van der Waals surface area contributed by atoms with Crippen molar-refractivity contribution in [1.82, 2.24) is 54.7 Å². The van der Waals surface area contributed by atoms with Gasteiger partial charge in [0.2, 0.25) is 35.6 Å². The van der Waals surface area contributed by atoms with E-state index in [4.69, 9.17) is 64.3 Å². The molecule has 0 radical (unpaired) electrons. The average Bonchev–Trinajstić information content (AvgIpc) is 4.06. The van der Waals surface area contributed by atoms with E-state index < -0.39 is 36.0 Å². The number of carbonyl (C=O) groups is 4. The summed E-state index contributed by atoms with van der Waals surface area (Å²) >= 11 is 0. The summed E-state index contributed by atoms with van der Waals surface area (Å²) in [7, 11) is 0. The Morgan fingerprint density at radius 2 is 1.19 bits per heavy atom.